The number of nitriles is 1. The van der Waals surface area contributed by atoms with Gasteiger partial charge in [-0.3, -0.25) is 9.78 Å². The maximum absolute atomic E-state index is 13.2. The molecule has 0 aliphatic heterocycles. The van der Waals surface area contributed by atoms with Crippen molar-refractivity contribution in [1.29, 1.82) is 5.26 Å². The fraction of sp³-hybridized carbons (Fsp3) is 0.296. The van der Waals surface area contributed by atoms with Crippen LogP contribution in [0.1, 0.15) is 37.1 Å². The van der Waals surface area contributed by atoms with Crippen molar-refractivity contribution in [3.8, 4) is 28.7 Å². The molecule has 0 N–H and O–H groups in total. The zero-order valence-corrected chi connectivity index (χ0v) is 19.1. The van der Waals surface area contributed by atoms with Gasteiger partial charge in [-0.15, -0.1) is 0 Å². The van der Waals surface area contributed by atoms with Gasteiger partial charge in [-0.05, 0) is 43.0 Å². The number of aromatic nitrogens is 3. The number of pyridine rings is 1. The fourth-order valence-electron chi connectivity index (χ4n) is 5.46. The van der Waals surface area contributed by atoms with Gasteiger partial charge in [0.2, 0.25) is 0 Å². The first-order chi connectivity index (χ1) is 16.6. The largest absolute Gasteiger partial charge is 0.416 e. The van der Waals surface area contributed by atoms with E-state index in [1.165, 1.54) is 12.1 Å². The molecule has 2 aliphatic carbocycles. The Labute approximate surface area is 200 Å². The van der Waals surface area contributed by atoms with Gasteiger partial charge in [0, 0.05) is 40.4 Å². The average molecular weight is 474 g/mol. The molecular formula is C27H21F3N4O. The predicted octanol–water partition coefficient (Wildman–Crippen LogP) is 5.71. The summed E-state index contributed by atoms with van der Waals surface area (Å²) in [6, 6.07) is 10.5. The number of hydrogen-bond acceptors (Lipinski definition) is 5. The van der Waals surface area contributed by atoms with Gasteiger partial charge in [-0.25, -0.2) is 9.97 Å². The van der Waals surface area contributed by atoms with E-state index in [-0.39, 0.29) is 23.2 Å². The van der Waals surface area contributed by atoms with Gasteiger partial charge in [0.15, 0.2) is 11.6 Å². The predicted molar refractivity (Wildman–Crippen MR) is 123 cm³/mol. The molecule has 176 valence electrons. The molecule has 3 atom stereocenters. The van der Waals surface area contributed by atoms with Gasteiger partial charge in [-0.1, -0.05) is 32.1 Å². The third kappa shape index (κ3) is 3.72. The Morgan fingerprint density at radius 2 is 1.74 bits per heavy atom. The summed E-state index contributed by atoms with van der Waals surface area (Å²) in [6.45, 7) is 3.83. The van der Waals surface area contributed by atoms with E-state index in [2.05, 4.69) is 4.98 Å². The molecule has 5 nitrogen and oxygen atoms in total. The molecule has 2 aromatic heterocycles. The van der Waals surface area contributed by atoms with Crippen molar-refractivity contribution in [2.75, 3.05) is 0 Å². The van der Waals surface area contributed by atoms with Gasteiger partial charge in [0.25, 0.3) is 0 Å². The molecule has 0 saturated carbocycles. The highest BCUT2D eigenvalue weighted by molar-refractivity contribution is 6.02. The number of hydrogen-bond donors (Lipinski definition) is 0. The Morgan fingerprint density at radius 1 is 1.06 bits per heavy atom. The summed E-state index contributed by atoms with van der Waals surface area (Å²) in [4.78, 5) is 26.5. The Balaban J connectivity index is 1.77. The first-order valence-electron chi connectivity index (χ1n) is 11.3. The molecular weight excluding hydrogens is 453 g/mol. The van der Waals surface area contributed by atoms with Gasteiger partial charge >= 0.3 is 6.18 Å². The van der Waals surface area contributed by atoms with Crippen molar-refractivity contribution in [1.82, 2.24) is 15.0 Å². The molecule has 0 fully saturated rings. The SMILES string of the molecule is C[C@H]1C(=O)C(C#N)=C[C@@]2(C)c3nc(-c4ccncc4)nc(-c4ccc(C(F)(F)F)cc4)c3CC[C@H]12. The second-order valence-corrected chi connectivity index (χ2v) is 9.28. The summed E-state index contributed by atoms with van der Waals surface area (Å²) in [5.41, 5.74) is 2.05. The standard InChI is InChI=1S/C27H21F3N4O/c1-15-21-8-7-20-22(16-3-5-19(6-4-16)27(28,29)30)33-25(17-9-11-32-12-10-17)34-24(20)26(21,2)13-18(14-31)23(15)35/h3-6,9-13,15,21H,7-8H2,1-2H3/t15-,21-,26-/m1/s1. The van der Waals surface area contributed by atoms with E-state index in [4.69, 9.17) is 9.97 Å². The Bertz CT molecular complexity index is 1390. The van der Waals surface area contributed by atoms with Crippen molar-refractivity contribution in [3.63, 3.8) is 0 Å². The number of benzene rings is 1. The molecule has 5 rings (SSSR count). The first-order valence-corrected chi connectivity index (χ1v) is 11.3. The van der Waals surface area contributed by atoms with E-state index in [9.17, 15) is 23.2 Å². The fourth-order valence-corrected chi connectivity index (χ4v) is 5.46. The Morgan fingerprint density at radius 3 is 2.37 bits per heavy atom. The quantitative estimate of drug-likeness (QED) is 0.475. The summed E-state index contributed by atoms with van der Waals surface area (Å²) in [7, 11) is 0. The third-order valence-electron chi connectivity index (χ3n) is 7.26. The molecule has 3 aromatic rings. The molecule has 0 unspecified atom stereocenters. The Kier molecular flexibility index (Phi) is 5.32. The van der Waals surface area contributed by atoms with Crippen LogP contribution in [0.3, 0.4) is 0 Å². The molecule has 1 aromatic carbocycles. The molecule has 0 spiro atoms. The van der Waals surface area contributed by atoms with Crippen molar-refractivity contribution in [3.05, 3.63) is 77.3 Å². The maximum Gasteiger partial charge on any atom is 0.416 e. The molecule has 8 heteroatoms. The molecule has 0 amide bonds. The summed E-state index contributed by atoms with van der Waals surface area (Å²) in [5.74, 6) is -0.147. The maximum atomic E-state index is 13.2. The summed E-state index contributed by atoms with van der Waals surface area (Å²) in [6.07, 6.45) is 1.78. The highest BCUT2D eigenvalue weighted by atomic mass is 19.4. The number of halogens is 3. The monoisotopic (exact) mass is 474 g/mol. The number of alkyl halides is 3. The molecule has 0 radical (unpaired) electrons. The van der Waals surface area contributed by atoms with Gasteiger partial charge in [0.05, 0.1) is 22.5 Å². The van der Waals surface area contributed by atoms with E-state index in [1.54, 1.807) is 30.6 Å². The van der Waals surface area contributed by atoms with E-state index in [0.29, 0.717) is 41.2 Å². The van der Waals surface area contributed by atoms with E-state index in [0.717, 1.165) is 17.7 Å². The molecule has 2 heterocycles. The Hall–Kier alpha value is -3.86. The average Bonchev–Trinajstić information content (AvgIpc) is 2.86. The van der Waals surface area contributed by atoms with Crippen LogP contribution in [0.5, 0.6) is 0 Å². The van der Waals surface area contributed by atoms with Crippen molar-refractivity contribution < 1.29 is 18.0 Å². The first kappa shape index (κ1) is 22.9. The minimum atomic E-state index is -4.43. The van der Waals surface area contributed by atoms with Gasteiger partial charge in [-0.2, -0.15) is 18.4 Å². The minimum absolute atomic E-state index is 0.0553. The number of allylic oxidation sites excluding steroid dienone is 2. The van der Waals surface area contributed by atoms with Crippen LogP contribution < -0.4 is 0 Å². The van der Waals surface area contributed by atoms with Crippen LogP contribution in [-0.4, -0.2) is 20.7 Å². The van der Waals surface area contributed by atoms with E-state index in [1.807, 2.05) is 19.9 Å². The number of nitrogens with zero attached hydrogens (tertiary/aromatic N) is 4. The molecule has 2 aliphatic rings. The lowest BCUT2D eigenvalue weighted by Crippen LogP contribution is -2.46. The van der Waals surface area contributed by atoms with Gasteiger partial charge in [0.1, 0.15) is 6.07 Å². The molecule has 0 saturated heterocycles. The summed E-state index contributed by atoms with van der Waals surface area (Å²) in [5, 5.41) is 9.62. The van der Waals surface area contributed by atoms with E-state index < -0.39 is 17.2 Å². The highest BCUT2D eigenvalue weighted by Gasteiger charge is 2.49. The second-order valence-electron chi connectivity index (χ2n) is 9.28. The molecule has 35 heavy (non-hydrogen) atoms. The number of rotatable bonds is 2. The van der Waals surface area contributed by atoms with Crippen LogP contribution in [0.4, 0.5) is 13.2 Å². The number of Topliss-reactive ketones (excluding diaryl/α,β-unsaturated/α-hetero) is 1. The summed E-state index contributed by atoms with van der Waals surface area (Å²) < 4.78 is 39.5. The lowest BCUT2D eigenvalue weighted by molar-refractivity contribution is -0.137. The second kappa shape index (κ2) is 8.12. The number of ketones is 1. The number of fused-ring (bicyclic) bond motifs is 3. The van der Waals surface area contributed by atoms with Crippen LogP contribution in [0.25, 0.3) is 22.6 Å². The van der Waals surface area contributed by atoms with Crippen LogP contribution in [-0.2, 0) is 22.8 Å². The zero-order valence-electron chi connectivity index (χ0n) is 19.1. The van der Waals surface area contributed by atoms with Crippen LogP contribution in [0.2, 0.25) is 0 Å². The zero-order chi connectivity index (χ0) is 25.0. The normalized spacial score (nSPS) is 23.7. The van der Waals surface area contributed by atoms with Crippen molar-refractivity contribution in [2.24, 2.45) is 11.8 Å². The van der Waals surface area contributed by atoms with Crippen molar-refractivity contribution >= 4 is 5.78 Å². The van der Waals surface area contributed by atoms with E-state index >= 15 is 0 Å². The van der Waals surface area contributed by atoms with Crippen LogP contribution in [0.15, 0.2) is 60.4 Å². The lowest BCUT2D eigenvalue weighted by Gasteiger charge is -2.45. The number of carbonyl (C=O) groups is 1. The third-order valence-corrected chi connectivity index (χ3v) is 7.26. The minimum Gasteiger partial charge on any atom is -0.293 e. The lowest BCUT2D eigenvalue weighted by atomic mass is 9.57. The van der Waals surface area contributed by atoms with Crippen LogP contribution >= 0.6 is 0 Å². The van der Waals surface area contributed by atoms with Crippen molar-refractivity contribution in [2.45, 2.75) is 38.3 Å². The highest BCUT2D eigenvalue weighted by Crippen LogP contribution is 2.51. The molecule has 0 bridgehead atoms. The summed E-state index contributed by atoms with van der Waals surface area (Å²) >= 11 is 0. The van der Waals surface area contributed by atoms with Crippen LogP contribution in [0, 0.1) is 23.2 Å². The topological polar surface area (TPSA) is 79.5 Å². The number of carbonyl (C=O) groups excluding carboxylic acids is 1. The smallest absolute Gasteiger partial charge is 0.293 e. The van der Waals surface area contributed by atoms with Gasteiger partial charge < -0.3 is 0 Å².